The monoisotopic (exact) mass is 406 g/mol. The lowest BCUT2D eigenvalue weighted by Gasteiger charge is -2.09. The number of aliphatic hydroxyl groups is 2. The minimum absolute atomic E-state index is 0. The Bertz CT molecular complexity index is 564. The summed E-state index contributed by atoms with van der Waals surface area (Å²) in [4.78, 5) is 0. The second-order valence-corrected chi connectivity index (χ2v) is 5.34. The van der Waals surface area contributed by atoms with Crippen LogP contribution in [-0.4, -0.2) is 47.6 Å². The van der Waals surface area contributed by atoms with Gasteiger partial charge in [0.05, 0.1) is 12.2 Å². The van der Waals surface area contributed by atoms with Crippen molar-refractivity contribution in [2.45, 2.75) is 12.2 Å². The maximum atomic E-state index is 9.47. The first-order chi connectivity index (χ1) is 11.5. The van der Waals surface area contributed by atoms with E-state index in [1.807, 2.05) is 0 Å². The van der Waals surface area contributed by atoms with Crippen molar-refractivity contribution in [3.8, 4) is 11.5 Å². The van der Waals surface area contributed by atoms with E-state index in [1.54, 1.807) is 62.6 Å². The maximum Gasteiger partial charge on any atom is 0.115 e. The van der Waals surface area contributed by atoms with Gasteiger partial charge in [-0.1, -0.05) is 24.3 Å². The van der Waals surface area contributed by atoms with Crippen molar-refractivity contribution >= 4 is 24.8 Å². The number of nitrogens with one attached hydrogen (secondary N) is 2. The van der Waals surface area contributed by atoms with E-state index in [4.69, 9.17) is 10.2 Å². The van der Waals surface area contributed by atoms with Crippen LogP contribution < -0.4 is 10.6 Å². The van der Waals surface area contributed by atoms with Crippen LogP contribution in [-0.2, 0) is 0 Å². The molecule has 148 valence electrons. The van der Waals surface area contributed by atoms with Crippen molar-refractivity contribution in [3.05, 3.63) is 59.7 Å². The average molecular weight is 407 g/mol. The molecule has 6 N–H and O–H groups in total. The normalized spacial score (nSPS) is 11.8. The molecule has 0 bridgehead atoms. The standard InChI is InChI=1S/2C9H13NO2.2ClH/c2*1-10-6-9(12)7-3-2-4-8(11)5-7;;/h2*2-5,9-12H,6H2,1H3;2*1H/t2*9-;;/m00../s1. The number of hydrogen-bond acceptors (Lipinski definition) is 6. The maximum absolute atomic E-state index is 9.47. The summed E-state index contributed by atoms with van der Waals surface area (Å²) in [5.74, 6) is 0.366. The highest BCUT2D eigenvalue weighted by molar-refractivity contribution is 5.85. The van der Waals surface area contributed by atoms with Crippen molar-refractivity contribution < 1.29 is 20.4 Å². The molecule has 0 aromatic heterocycles. The van der Waals surface area contributed by atoms with Gasteiger partial charge in [0.2, 0.25) is 0 Å². The lowest BCUT2D eigenvalue weighted by molar-refractivity contribution is 0.177. The predicted molar refractivity (Wildman–Crippen MR) is 108 cm³/mol. The second kappa shape index (κ2) is 14.6. The minimum Gasteiger partial charge on any atom is -0.508 e. The van der Waals surface area contributed by atoms with E-state index < -0.39 is 12.2 Å². The van der Waals surface area contributed by atoms with Crippen LogP contribution in [0.15, 0.2) is 48.5 Å². The number of aliphatic hydroxyl groups excluding tert-OH is 2. The fourth-order valence-electron chi connectivity index (χ4n) is 2.09. The van der Waals surface area contributed by atoms with Gasteiger partial charge in [0.1, 0.15) is 11.5 Å². The van der Waals surface area contributed by atoms with E-state index in [9.17, 15) is 10.2 Å². The third-order valence-corrected chi connectivity index (χ3v) is 3.30. The second-order valence-electron chi connectivity index (χ2n) is 5.34. The molecule has 6 nitrogen and oxygen atoms in total. The van der Waals surface area contributed by atoms with E-state index in [-0.39, 0.29) is 36.3 Å². The zero-order chi connectivity index (χ0) is 17.9. The minimum atomic E-state index is -0.554. The Balaban J connectivity index is 0. The van der Waals surface area contributed by atoms with Gasteiger partial charge in [-0.05, 0) is 49.5 Å². The molecule has 2 aromatic carbocycles. The smallest absolute Gasteiger partial charge is 0.115 e. The molecule has 0 fully saturated rings. The molecule has 0 amide bonds. The number of hydrogen-bond donors (Lipinski definition) is 6. The Morgan fingerprint density at radius 1 is 0.731 bits per heavy atom. The molecular formula is C18H28Cl2N2O4. The summed E-state index contributed by atoms with van der Waals surface area (Å²) >= 11 is 0. The van der Waals surface area contributed by atoms with Gasteiger partial charge in [-0.25, -0.2) is 0 Å². The summed E-state index contributed by atoms with van der Waals surface area (Å²) in [6.45, 7) is 0.979. The summed E-state index contributed by atoms with van der Waals surface area (Å²) in [6, 6.07) is 13.3. The van der Waals surface area contributed by atoms with Crippen LogP contribution in [0, 0.1) is 0 Å². The molecule has 0 aliphatic carbocycles. The summed E-state index contributed by atoms with van der Waals surface area (Å²) in [7, 11) is 3.54. The van der Waals surface area contributed by atoms with Crippen LogP contribution in [0.5, 0.6) is 11.5 Å². The van der Waals surface area contributed by atoms with Gasteiger partial charge in [-0.15, -0.1) is 24.8 Å². The highest BCUT2D eigenvalue weighted by atomic mass is 35.5. The molecule has 8 heteroatoms. The topological polar surface area (TPSA) is 105 Å². The van der Waals surface area contributed by atoms with Crippen molar-refractivity contribution in [1.82, 2.24) is 10.6 Å². The number of phenolic OH excluding ortho intramolecular Hbond substituents is 2. The summed E-state index contributed by atoms with van der Waals surface area (Å²) in [5, 5.41) is 42.8. The van der Waals surface area contributed by atoms with Gasteiger partial charge in [-0.3, -0.25) is 0 Å². The molecule has 0 unspecified atom stereocenters. The van der Waals surface area contributed by atoms with Gasteiger partial charge in [0.15, 0.2) is 0 Å². The number of benzene rings is 2. The summed E-state index contributed by atoms with van der Waals surface area (Å²) in [5.41, 5.74) is 1.45. The first-order valence-electron chi connectivity index (χ1n) is 7.71. The Kier molecular flexibility index (Phi) is 15.0. The zero-order valence-corrected chi connectivity index (χ0v) is 16.4. The zero-order valence-electron chi connectivity index (χ0n) is 14.8. The lowest BCUT2D eigenvalue weighted by atomic mass is 10.1. The van der Waals surface area contributed by atoms with Gasteiger partial charge < -0.3 is 31.1 Å². The molecular weight excluding hydrogens is 379 g/mol. The van der Waals surface area contributed by atoms with E-state index in [2.05, 4.69) is 10.6 Å². The first kappa shape index (κ1) is 26.7. The van der Waals surface area contributed by atoms with Gasteiger partial charge >= 0.3 is 0 Å². The van der Waals surface area contributed by atoms with Crippen molar-refractivity contribution in [2.24, 2.45) is 0 Å². The highest BCUT2D eigenvalue weighted by Gasteiger charge is 2.06. The largest absolute Gasteiger partial charge is 0.508 e. The van der Waals surface area contributed by atoms with E-state index >= 15 is 0 Å². The predicted octanol–water partition coefficient (Wildman–Crippen LogP) is 2.13. The van der Waals surface area contributed by atoms with E-state index in [0.717, 1.165) is 11.1 Å². The van der Waals surface area contributed by atoms with Crippen molar-refractivity contribution in [2.75, 3.05) is 27.2 Å². The van der Waals surface area contributed by atoms with E-state index in [1.165, 1.54) is 0 Å². The third-order valence-electron chi connectivity index (χ3n) is 3.30. The molecule has 2 rings (SSSR count). The van der Waals surface area contributed by atoms with Crippen molar-refractivity contribution in [1.29, 1.82) is 0 Å². The van der Waals surface area contributed by atoms with Gasteiger partial charge in [0, 0.05) is 13.1 Å². The molecule has 2 aromatic rings. The Morgan fingerprint density at radius 3 is 1.35 bits per heavy atom. The first-order valence-corrected chi connectivity index (χ1v) is 7.71. The quantitative estimate of drug-likeness (QED) is 0.439. The van der Waals surface area contributed by atoms with Gasteiger partial charge in [0.25, 0.3) is 0 Å². The number of halogens is 2. The molecule has 26 heavy (non-hydrogen) atoms. The Morgan fingerprint density at radius 2 is 1.08 bits per heavy atom. The summed E-state index contributed by atoms with van der Waals surface area (Å²) in [6.07, 6.45) is -1.11. The van der Waals surface area contributed by atoms with Crippen LogP contribution in [0.25, 0.3) is 0 Å². The fraction of sp³-hybridized carbons (Fsp3) is 0.333. The van der Waals surface area contributed by atoms with Crippen LogP contribution in [0.3, 0.4) is 0 Å². The SMILES string of the molecule is CNC[C@H](O)c1cccc(O)c1.CNC[C@H](O)c1cccc(O)c1.Cl.Cl. The van der Waals surface area contributed by atoms with Crippen LogP contribution in [0.2, 0.25) is 0 Å². The number of rotatable bonds is 6. The molecule has 0 aliphatic rings. The molecule has 0 spiro atoms. The summed E-state index contributed by atoms with van der Waals surface area (Å²) < 4.78 is 0. The average Bonchev–Trinajstić information content (AvgIpc) is 2.56. The molecule has 0 radical (unpaired) electrons. The number of phenols is 2. The third kappa shape index (κ3) is 9.82. The number of likely N-dealkylation sites (N-methyl/N-ethyl adjacent to an activating group) is 2. The van der Waals surface area contributed by atoms with Crippen LogP contribution in [0.1, 0.15) is 23.3 Å². The highest BCUT2D eigenvalue weighted by Crippen LogP contribution is 2.17. The van der Waals surface area contributed by atoms with Gasteiger partial charge in [-0.2, -0.15) is 0 Å². The van der Waals surface area contributed by atoms with Crippen LogP contribution >= 0.6 is 24.8 Å². The molecule has 0 saturated heterocycles. The fourth-order valence-corrected chi connectivity index (χ4v) is 2.09. The van der Waals surface area contributed by atoms with Crippen LogP contribution in [0.4, 0.5) is 0 Å². The van der Waals surface area contributed by atoms with Crippen molar-refractivity contribution in [3.63, 3.8) is 0 Å². The molecule has 2 atom stereocenters. The number of aromatic hydroxyl groups is 2. The molecule has 0 heterocycles. The molecule has 0 saturated carbocycles. The lowest BCUT2D eigenvalue weighted by Crippen LogP contribution is -2.16. The Labute approximate surface area is 166 Å². The van der Waals surface area contributed by atoms with E-state index in [0.29, 0.717) is 13.1 Å². The molecule has 0 aliphatic heterocycles. The Hall–Kier alpha value is -1.54.